The topological polar surface area (TPSA) is 0 Å². The number of rotatable bonds is 4. The third kappa shape index (κ3) is 8.46. The van der Waals surface area contributed by atoms with Gasteiger partial charge in [0.1, 0.15) is 0 Å². The Morgan fingerprint density at radius 1 is 0.152 bits per heavy atom. The van der Waals surface area contributed by atoms with Crippen molar-refractivity contribution in [2.75, 3.05) is 0 Å². The first-order valence-corrected chi connectivity index (χ1v) is 34.6. The van der Waals surface area contributed by atoms with Crippen LogP contribution in [0.2, 0.25) is 0 Å². The largest absolute Gasteiger partial charge is 0.0725 e. The van der Waals surface area contributed by atoms with E-state index >= 15 is 0 Å². The molecule has 0 fully saturated rings. The third-order valence-electron chi connectivity index (χ3n) is 22.2. The normalized spacial score (nSPS) is 12.9. The van der Waals surface area contributed by atoms with Crippen LogP contribution in [0.5, 0.6) is 0 Å². The molecule has 0 radical (unpaired) electrons. The van der Waals surface area contributed by atoms with Crippen LogP contribution < -0.4 is 0 Å². The Morgan fingerprint density at radius 3 is 0.929 bits per heavy atom. The van der Waals surface area contributed by atoms with E-state index in [0.717, 1.165) is 0 Å². The third-order valence-corrected chi connectivity index (χ3v) is 22.2. The molecule has 0 N–H and O–H groups in total. The highest BCUT2D eigenvalue weighted by Gasteiger charge is 2.52. The summed E-state index contributed by atoms with van der Waals surface area (Å²) in [5, 5.41) is 30.8. The number of hydrogen-bond donors (Lipinski definition) is 0. The Kier molecular flexibility index (Phi) is 12.1. The van der Waals surface area contributed by atoms with Crippen molar-refractivity contribution in [2.24, 2.45) is 0 Å². The fourth-order valence-electron chi connectivity index (χ4n) is 17.6. The molecule has 22 rings (SSSR count). The molecule has 2 aliphatic carbocycles. The lowest BCUT2D eigenvalue weighted by atomic mass is 9.70. The minimum Gasteiger partial charge on any atom is -0.0619 e. The lowest BCUT2D eigenvalue weighted by Crippen LogP contribution is -2.26. The van der Waals surface area contributed by atoms with Gasteiger partial charge in [-0.3, -0.25) is 0 Å². The molecular weight excluding hydrogens is 1190 g/mol. The summed E-state index contributed by atoms with van der Waals surface area (Å²) >= 11 is 0. The Hall–Kier alpha value is -12.7. The predicted octanol–water partition coefficient (Wildman–Crippen LogP) is 27.1. The van der Waals surface area contributed by atoms with Gasteiger partial charge in [0.2, 0.25) is 0 Å². The minimum atomic E-state index is -0.483. The van der Waals surface area contributed by atoms with E-state index in [1.54, 1.807) is 0 Å². The summed E-state index contributed by atoms with van der Waals surface area (Å²) in [6.45, 7) is 0. The van der Waals surface area contributed by atoms with Crippen LogP contribution in [0.3, 0.4) is 0 Å². The quantitative estimate of drug-likeness (QED) is 0.0936. The van der Waals surface area contributed by atoms with Gasteiger partial charge in [-0.2, -0.15) is 0 Å². The summed E-state index contributed by atoms with van der Waals surface area (Å²) in [6.07, 6.45) is 4.54. The number of hydrogen-bond acceptors (Lipinski definition) is 0. The Bertz CT molecular complexity index is 6710. The molecule has 0 nitrogen and oxygen atoms in total. The van der Waals surface area contributed by atoms with Crippen molar-refractivity contribution in [1.82, 2.24) is 0 Å². The van der Waals surface area contributed by atoms with Crippen LogP contribution in [-0.2, 0) is 5.41 Å². The maximum atomic E-state index is 2.54. The van der Waals surface area contributed by atoms with Gasteiger partial charge in [0.05, 0.1) is 5.41 Å². The SMILES string of the molecule is C(=C\c1cccc2c1ccc1cc3ccccc3cc12)/c1cccc2c1ccc1cc3ccccc3cc12.c1ccc2c(c1)-c1ccccc1C21c2cc(-c3cccc4c3ccc3cc5ccccc5cc34)ccc2-c2ccc(-c3cc4cc5ccccc5cc4c4ccccc34)cc21. The average molecular weight is 1250 g/mol. The molecule has 0 saturated heterocycles. The lowest BCUT2D eigenvalue weighted by Gasteiger charge is -2.31. The van der Waals surface area contributed by atoms with Crippen LogP contribution >= 0.6 is 0 Å². The molecule has 0 heterocycles. The van der Waals surface area contributed by atoms with Crippen molar-refractivity contribution >= 4 is 141 Å². The van der Waals surface area contributed by atoms with Gasteiger partial charge in [0.25, 0.3) is 0 Å². The van der Waals surface area contributed by atoms with Gasteiger partial charge < -0.3 is 0 Å². The van der Waals surface area contributed by atoms with E-state index in [1.165, 1.54) is 207 Å². The highest BCUT2D eigenvalue weighted by atomic mass is 14.5. The van der Waals surface area contributed by atoms with Crippen molar-refractivity contribution in [3.8, 4) is 44.5 Å². The second-order valence-corrected chi connectivity index (χ2v) is 27.3. The van der Waals surface area contributed by atoms with Crippen molar-refractivity contribution in [2.45, 2.75) is 5.41 Å². The molecule has 0 heteroatoms. The number of benzene rings is 20. The van der Waals surface area contributed by atoms with E-state index < -0.39 is 5.41 Å². The van der Waals surface area contributed by atoms with E-state index in [1.807, 2.05) is 0 Å². The molecule has 0 unspecified atom stereocenters. The van der Waals surface area contributed by atoms with Gasteiger partial charge in [0.15, 0.2) is 0 Å². The first kappa shape index (κ1) is 55.5. The van der Waals surface area contributed by atoms with E-state index in [4.69, 9.17) is 0 Å². The zero-order valence-corrected chi connectivity index (χ0v) is 54.1. The summed E-state index contributed by atoms with van der Waals surface area (Å²) in [5.74, 6) is 0. The second kappa shape index (κ2) is 21.6. The lowest BCUT2D eigenvalue weighted by molar-refractivity contribution is 0.794. The van der Waals surface area contributed by atoms with E-state index in [2.05, 4.69) is 364 Å². The first-order chi connectivity index (χ1) is 49.0. The maximum absolute atomic E-state index is 2.54. The highest BCUT2D eigenvalue weighted by molar-refractivity contribution is 6.20. The molecule has 20 aromatic carbocycles. The molecule has 0 atom stereocenters. The van der Waals surface area contributed by atoms with Gasteiger partial charge in [-0.1, -0.05) is 297 Å². The Labute approximate surface area is 572 Å². The fraction of sp³-hybridized carbons (Fsp3) is 0.0101. The van der Waals surface area contributed by atoms with Crippen LogP contribution in [0.25, 0.3) is 186 Å². The Balaban J connectivity index is 0.000000145. The van der Waals surface area contributed by atoms with E-state index in [9.17, 15) is 0 Å². The molecule has 0 amide bonds. The fourth-order valence-corrected chi connectivity index (χ4v) is 17.6. The predicted molar refractivity (Wildman–Crippen MR) is 425 cm³/mol. The summed E-state index contributed by atoms with van der Waals surface area (Å²) < 4.78 is 0. The van der Waals surface area contributed by atoms with Crippen molar-refractivity contribution in [3.05, 3.63) is 385 Å². The smallest absolute Gasteiger partial charge is 0.0619 e. The molecule has 0 saturated carbocycles. The zero-order valence-electron chi connectivity index (χ0n) is 54.1. The van der Waals surface area contributed by atoms with E-state index in [0.29, 0.717) is 0 Å². The van der Waals surface area contributed by atoms with Gasteiger partial charge in [0, 0.05) is 0 Å². The van der Waals surface area contributed by atoms with Crippen LogP contribution in [-0.4, -0.2) is 0 Å². The monoisotopic (exact) mass is 1250 g/mol. The van der Waals surface area contributed by atoms with Gasteiger partial charge in [-0.25, -0.2) is 0 Å². The summed E-state index contributed by atoms with van der Waals surface area (Å²) in [7, 11) is 0. The van der Waals surface area contributed by atoms with Crippen LogP contribution in [0, 0.1) is 0 Å². The molecular formula is C99H60. The first-order valence-electron chi connectivity index (χ1n) is 34.6. The van der Waals surface area contributed by atoms with Gasteiger partial charge in [-0.05, 0) is 274 Å². The highest BCUT2D eigenvalue weighted by Crippen LogP contribution is 2.64. The molecule has 0 aliphatic heterocycles. The molecule has 0 aromatic heterocycles. The van der Waals surface area contributed by atoms with Gasteiger partial charge in [-0.15, -0.1) is 0 Å². The summed E-state index contributed by atoms with van der Waals surface area (Å²) in [6, 6.07) is 132. The maximum Gasteiger partial charge on any atom is 0.0725 e. The van der Waals surface area contributed by atoms with Crippen LogP contribution in [0.15, 0.2) is 352 Å². The summed E-state index contributed by atoms with van der Waals surface area (Å²) in [5.41, 5.74) is 17.7. The number of fused-ring (bicyclic) bond motifs is 26. The molecule has 99 heavy (non-hydrogen) atoms. The minimum absolute atomic E-state index is 0.483. The molecule has 20 aromatic rings. The van der Waals surface area contributed by atoms with Crippen molar-refractivity contribution in [1.29, 1.82) is 0 Å². The second-order valence-electron chi connectivity index (χ2n) is 27.3. The van der Waals surface area contributed by atoms with E-state index in [-0.39, 0.29) is 0 Å². The zero-order chi connectivity index (χ0) is 64.9. The standard InChI is InChI=1S/C61H36.C38H24/c1-3-14-39-32-54-41(30-37(39)12-1)24-27-49-45(20-11-21-48(49)54)42-25-28-52-53-29-26-43(55-34-44-31-38-13-2-4-15-40(38)33-56(44)47-17-6-5-16-46(47)55)36-60(53)61(59(52)35-42)57-22-9-7-18-50(57)51-19-8-10-23-58(51)61;1-3-9-29-23-37-31(21-27(29)7-1)17-19-33-25(11-5-13-35(33)37)15-16-26-12-6-14-36-34(26)20-18-32-22-28-8-2-4-10-30(28)24-38(32)36/h1-36H;1-24H/b;16-15+. The molecule has 2 aliphatic rings. The molecule has 456 valence electrons. The molecule has 1 spiro atoms. The van der Waals surface area contributed by atoms with Crippen molar-refractivity contribution in [3.63, 3.8) is 0 Å². The van der Waals surface area contributed by atoms with Gasteiger partial charge >= 0.3 is 0 Å². The summed E-state index contributed by atoms with van der Waals surface area (Å²) in [4.78, 5) is 0. The average Bonchev–Trinajstić information content (AvgIpc) is 1.51. The Morgan fingerprint density at radius 2 is 0.465 bits per heavy atom. The molecule has 0 bridgehead atoms. The van der Waals surface area contributed by atoms with Crippen LogP contribution in [0.1, 0.15) is 33.4 Å². The van der Waals surface area contributed by atoms with Crippen LogP contribution in [0.4, 0.5) is 0 Å². The van der Waals surface area contributed by atoms with Crippen molar-refractivity contribution < 1.29 is 0 Å².